The van der Waals surface area contributed by atoms with Crippen LogP contribution in [0.5, 0.6) is 5.75 Å². The molecule has 0 spiro atoms. The van der Waals surface area contributed by atoms with E-state index in [-0.39, 0.29) is 12.3 Å². The Kier molecular flexibility index (Phi) is 5.09. The second-order valence-electron chi connectivity index (χ2n) is 5.68. The smallest absolute Gasteiger partial charge is 0.360 e. The molecule has 0 unspecified atom stereocenters. The predicted molar refractivity (Wildman–Crippen MR) is 92.4 cm³/mol. The molecule has 3 aromatic rings. The van der Waals surface area contributed by atoms with Gasteiger partial charge >= 0.3 is 5.97 Å². The number of aromatic nitrogens is 3. The van der Waals surface area contributed by atoms with Crippen molar-refractivity contribution in [2.75, 3.05) is 7.11 Å². The molecule has 0 saturated heterocycles. The van der Waals surface area contributed by atoms with Crippen molar-refractivity contribution >= 4 is 5.97 Å². The van der Waals surface area contributed by atoms with Crippen molar-refractivity contribution in [2.24, 2.45) is 0 Å². The summed E-state index contributed by atoms with van der Waals surface area (Å²) in [6.45, 7) is 2.64. The van der Waals surface area contributed by atoms with E-state index in [1.165, 1.54) is 0 Å². The summed E-state index contributed by atoms with van der Waals surface area (Å²) in [6, 6.07) is 15.6. The van der Waals surface area contributed by atoms with Gasteiger partial charge in [0.1, 0.15) is 12.4 Å². The molecular weight excluding hydrogens is 318 g/mol. The molecule has 0 atom stereocenters. The molecule has 0 aliphatic carbocycles. The van der Waals surface area contributed by atoms with Gasteiger partial charge in [0.05, 0.1) is 19.9 Å². The van der Waals surface area contributed by atoms with Crippen LogP contribution in [0.2, 0.25) is 0 Å². The van der Waals surface area contributed by atoms with Crippen LogP contribution < -0.4 is 4.74 Å². The zero-order valence-corrected chi connectivity index (χ0v) is 14.2. The number of hydrogen-bond acceptors (Lipinski definition) is 5. The number of hydrogen-bond donors (Lipinski definition) is 0. The van der Waals surface area contributed by atoms with Crippen molar-refractivity contribution < 1.29 is 14.3 Å². The molecule has 0 fully saturated rings. The molecule has 0 amide bonds. The van der Waals surface area contributed by atoms with Gasteiger partial charge in [0.2, 0.25) is 0 Å². The van der Waals surface area contributed by atoms with Gasteiger partial charge in [0, 0.05) is 5.56 Å². The molecule has 3 rings (SSSR count). The lowest BCUT2D eigenvalue weighted by Crippen LogP contribution is -2.07. The van der Waals surface area contributed by atoms with Gasteiger partial charge in [-0.2, -0.15) is 0 Å². The molecule has 0 bridgehead atoms. The molecule has 1 aromatic heterocycles. The van der Waals surface area contributed by atoms with Gasteiger partial charge in [0.25, 0.3) is 0 Å². The van der Waals surface area contributed by atoms with Crippen molar-refractivity contribution in [1.82, 2.24) is 15.0 Å². The first-order chi connectivity index (χ1) is 12.2. The minimum absolute atomic E-state index is 0.120. The normalized spacial score (nSPS) is 10.5. The summed E-state index contributed by atoms with van der Waals surface area (Å²) in [7, 11) is 1.59. The van der Waals surface area contributed by atoms with E-state index in [0.717, 1.165) is 16.7 Å². The van der Waals surface area contributed by atoms with Gasteiger partial charge in [-0.3, -0.25) is 0 Å². The highest BCUT2D eigenvalue weighted by Crippen LogP contribution is 2.20. The second kappa shape index (κ2) is 7.61. The molecule has 2 aromatic carbocycles. The van der Waals surface area contributed by atoms with E-state index in [1.54, 1.807) is 18.0 Å². The van der Waals surface area contributed by atoms with E-state index in [2.05, 4.69) is 10.3 Å². The first kappa shape index (κ1) is 16.7. The number of benzene rings is 2. The summed E-state index contributed by atoms with van der Waals surface area (Å²) >= 11 is 0. The number of rotatable bonds is 6. The minimum atomic E-state index is -0.511. The summed E-state index contributed by atoms with van der Waals surface area (Å²) in [6.07, 6.45) is 1.59. The van der Waals surface area contributed by atoms with Gasteiger partial charge < -0.3 is 9.47 Å². The molecule has 0 N–H and O–H groups in total. The van der Waals surface area contributed by atoms with E-state index in [0.29, 0.717) is 12.3 Å². The van der Waals surface area contributed by atoms with Crippen LogP contribution in [0.1, 0.15) is 27.2 Å². The van der Waals surface area contributed by atoms with E-state index in [4.69, 9.17) is 9.47 Å². The van der Waals surface area contributed by atoms with Gasteiger partial charge in [0.15, 0.2) is 5.69 Å². The zero-order valence-electron chi connectivity index (χ0n) is 14.2. The Bertz CT molecular complexity index is 859. The van der Waals surface area contributed by atoms with Crippen LogP contribution in [0.15, 0.2) is 54.7 Å². The Balaban J connectivity index is 1.63. The summed E-state index contributed by atoms with van der Waals surface area (Å²) in [5.41, 5.74) is 3.15. The average molecular weight is 337 g/mol. The number of ether oxygens (including phenoxy) is 2. The van der Waals surface area contributed by atoms with Crippen LogP contribution in [-0.4, -0.2) is 28.1 Å². The summed E-state index contributed by atoms with van der Waals surface area (Å²) < 4.78 is 12.2. The molecular formula is C19H19N3O3. The van der Waals surface area contributed by atoms with Crippen molar-refractivity contribution in [3.8, 4) is 5.75 Å². The number of aryl methyl sites for hydroxylation is 1. The first-order valence-corrected chi connectivity index (χ1v) is 7.90. The van der Waals surface area contributed by atoms with Crippen LogP contribution >= 0.6 is 0 Å². The van der Waals surface area contributed by atoms with Gasteiger partial charge in [-0.15, -0.1) is 5.10 Å². The molecule has 0 radical (unpaired) electrons. The van der Waals surface area contributed by atoms with E-state index in [9.17, 15) is 4.79 Å². The monoisotopic (exact) mass is 337 g/mol. The van der Waals surface area contributed by atoms with Crippen LogP contribution in [0.3, 0.4) is 0 Å². The summed E-state index contributed by atoms with van der Waals surface area (Å²) in [5.74, 6) is 0.175. The maximum atomic E-state index is 12.2. The zero-order chi connectivity index (χ0) is 17.6. The van der Waals surface area contributed by atoms with Crippen LogP contribution in [0.25, 0.3) is 0 Å². The van der Waals surface area contributed by atoms with Crippen LogP contribution in [-0.2, 0) is 17.9 Å². The van der Waals surface area contributed by atoms with Crippen LogP contribution in [0, 0.1) is 6.92 Å². The maximum Gasteiger partial charge on any atom is 0.360 e. The van der Waals surface area contributed by atoms with E-state index >= 15 is 0 Å². The highest BCUT2D eigenvalue weighted by atomic mass is 16.5. The number of methoxy groups -OCH3 is 1. The van der Waals surface area contributed by atoms with Crippen molar-refractivity contribution in [3.63, 3.8) is 0 Å². The van der Waals surface area contributed by atoms with Crippen molar-refractivity contribution in [2.45, 2.75) is 20.1 Å². The highest BCUT2D eigenvalue weighted by Gasteiger charge is 2.14. The molecule has 6 nitrogen and oxygen atoms in total. The largest absolute Gasteiger partial charge is 0.496 e. The Morgan fingerprint density at radius 2 is 1.96 bits per heavy atom. The third-order valence-electron chi connectivity index (χ3n) is 3.73. The van der Waals surface area contributed by atoms with Crippen LogP contribution in [0.4, 0.5) is 0 Å². The van der Waals surface area contributed by atoms with E-state index < -0.39 is 5.97 Å². The number of nitrogens with zero attached hydrogens (tertiary/aromatic N) is 3. The molecule has 0 aliphatic heterocycles. The lowest BCUT2D eigenvalue weighted by molar-refractivity contribution is 0.0463. The fraction of sp³-hybridized carbons (Fsp3) is 0.211. The molecule has 25 heavy (non-hydrogen) atoms. The Labute approximate surface area is 146 Å². The molecule has 0 saturated carbocycles. The third kappa shape index (κ3) is 4.23. The van der Waals surface area contributed by atoms with Gasteiger partial charge in [-0.05, 0) is 24.6 Å². The molecule has 0 aliphatic rings. The fourth-order valence-corrected chi connectivity index (χ4v) is 2.48. The highest BCUT2D eigenvalue weighted by molar-refractivity contribution is 5.86. The lowest BCUT2D eigenvalue weighted by atomic mass is 10.1. The molecule has 128 valence electrons. The maximum absolute atomic E-state index is 12.2. The Morgan fingerprint density at radius 3 is 2.72 bits per heavy atom. The standard InChI is InChI=1S/C19H19N3O3/c1-14-8-9-18(24-2)16(10-14)13-25-19(23)17-12-22(21-20-17)11-15-6-4-3-5-7-15/h3-10,12H,11,13H2,1-2H3. The fourth-order valence-electron chi connectivity index (χ4n) is 2.48. The second-order valence-corrected chi connectivity index (χ2v) is 5.68. The summed E-state index contributed by atoms with van der Waals surface area (Å²) in [4.78, 5) is 12.2. The lowest BCUT2D eigenvalue weighted by Gasteiger charge is -2.09. The van der Waals surface area contributed by atoms with Gasteiger partial charge in [-0.1, -0.05) is 47.2 Å². The van der Waals surface area contributed by atoms with Gasteiger partial charge in [-0.25, -0.2) is 9.48 Å². The SMILES string of the molecule is COc1ccc(C)cc1COC(=O)c1cn(Cc2ccccc2)nn1. The Hall–Kier alpha value is -3.15. The number of carbonyl (C=O) groups is 1. The average Bonchev–Trinajstić information content (AvgIpc) is 3.09. The minimum Gasteiger partial charge on any atom is -0.496 e. The molecule has 6 heteroatoms. The van der Waals surface area contributed by atoms with E-state index in [1.807, 2.05) is 55.5 Å². The van der Waals surface area contributed by atoms with Crippen molar-refractivity contribution in [1.29, 1.82) is 0 Å². The third-order valence-corrected chi connectivity index (χ3v) is 3.73. The quantitative estimate of drug-likeness (QED) is 0.647. The van der Waals surface area contributed by atoms with Crippen molar-refractivity contribution in [3.05, 3.63) is 77.1 Å². The molecule has 1 heterocycles. The first-order valence-electron chi connectivity index (χ1n) is 7.90. The number of esters is 1. The summed E-state index contributed by atoms with van der Waals surface area (Å²) in [5, 5.41) is 7.87. The number of carbonyl (C=O) groups excluding carboxylic acids is 1. The Morgan fingerprint density at radius 1 is 1.16 bits per heavy atom. The predicted octanol–water partition coefficient (Wildman–Crippen LogP) is 3.00. The topological polar surface area (TPSA) is 66.2 Å².